The van der Waals surface area contributed by atoms with Gasteiger partial charge in [0.05, 0.1) is 18.5 Å². The van der Waals surface area contributed by atoms with Gasteiger partial charge in [0.25, 0.3) is 0 Å². The van der Waals surface area contributed by atoms with E-state index in [0.717, 1.165) is 5.56 Å². The third-order valence-electron chi connectivity index (χ3n) is 3.51. The Labute approximate surface area is 160 Å². The van der Waals surface area contributed by atoms with Crippen LogP contribution in [0.5, 0.6) is 5.75 Å². The Hall–Kier alpha value is -3.39. The summed E-state index contributed by atoms with van der Waals surface area (Å²) in [4.78, 5) is 23.6. The van der Waals surface area contributed by atoms with Crippen LogP contribution in [0, 0.1) is 0 Å². The highest BCUT2D eigenvalue weighted by molar-refractivity contribution is 6.31. The van der Waals surface area contributed by atoms with Crippen LogP contribution in [-0.2, 0) is 4.79 Å². The van der Waals surface area contributed by atoms with Crippen LogP contribution in [-0.4, -0.2) is 39.7 Å². The first-order chi connectivity index (χ1) is 13.0. The molecule has 0 unspecified atom stereocenters. The van der Waals surface area contributed by atoms with Crippen LogP contribution in [0.3, 0.4) is 0 Å². The van der Waals surface area contributed by atoms with Crippen LogP contribution in [0.25, 0.3) is 11.3 Å². The zero-order valence-electron chi connectivity index (χ0n) is 14.3. The summed E-state index contributed by atoms with van der Waals surface area (Å²) < 4.78 is 5.33. The van der Waals surface area contributed by atoms with Gasteiger partial charge in [-0.1, -0.05) is 11.6 Å². The van der Waals surface area contributed by atoms with E-state index >= 15 is 0 Å². The molecule has 3 aromatic rings. The number of rotatable bonds is 7. The van der Waals surface area contributed by atoms with Crippen molar-refractivity contribution >= 4 is 35.0 Å². The van der Waals surface area contributed by atoms with Crippen molar-refractivity contribution in [2.75, 3.05) is 24.3 Å². The molecule has 2 heterocycles. The molecule has 2 aromatic heterocycles. The Kier molecular flexibility index (Phi) is 5.68. The predicted molar refractivity (Wildman–Crippen MR) is 103 cm³/mol. The highest BCUT2D eigenvalue weighted by Crippen LogP contribution is 2.31. The number of aromatic nitrogens is 3. The van der Waals surface area contributed by atoms with Crippen LogP contribution < -0.4 is 15.4 Å². The van der Waals surface area contributed by atoms with E-state index in [1.807, 2.05) is 6.07 Å². The maximum Gasteiger partial charge on any atom is 0.322 e. The van der Waals surface area contributed by atoms with E-state index < -0.39 is 5.97 Å². The number of nitrogens with zero attached hydrogens (tertiary/aromatic N) is 3. The fourth-order valence-corrected chi connectivity index (χ4v) is 2.50. The first kappa shape index (κ1) is 18.4. The molecule has 0 atom stereocenters. The molecule has 0 aliphatic rings. The number of anilines is 3. The van der Waals surface area contributed by atoms with Crippen LogP contribution in [0.1, 0.15) is 0 Å². The molecule has 9 heteroatoms. The average molecular weight is 386 g/mol. The van der Waals surface area contributed by atoms with Crippen molar-refractivity contribution in [1.29, 1.82) is 0 Å². The fraction of sp³-hybridized carbons (Fsp3) is 0.111. The van der Waals surface area contributed by atoms with E-state index in [-0.39, 0.29) is 12.5 Å². The molecule has 0 saturated carbocycles. The largest absolute Gasteiger partial charge is 0.495 e. The van der Waals surface area contributed by atoms with Crippen molar-refractivity contribution < 1.29 is 14.6 Å². The number of hydrogen-bond donors (Lipinski definition) is 3. The highest BCUT2D eigenvalue weighted by Gasteiger charge is 2.11. The monoisotopic (exact) mass is 385 g/mol. The molecule has 138 valence electrons. The van der Waals surface area contributed by atoms with Gasteiger partial charge in [-0.3, -0.25) is 9.78 Å². The molecule has 0 bridgehead atoms. The van der Waals surface area contributed by atoms with Gasteiger partial charge in [0.2, 0.25) is 5.95 Å². The van der Waals surface area contributed by atoms with E-state index in [4.69, 9.17) is 21.4 Å². The zero-order valence-corrected chi connectivity index (χ0v) is 15.1. The summed E-state index contributed by atoms with van der Waals surface area (Å²) in [5.74, 6) is 0.178. The summed E-state index contributed by atoms with van der Waals surface area (Å²) in [5.41, 5.74) is 1.96. The Balaban J connectivity index is 1.99. The molecule has 0 aliphatic carbocycles. The van der Waals surface area contributed by atoms with Crippen molar-refractivity contribution in [3.63, 3.8) is 0 Å². The van der Waals surface area contributed by atoms with Gasteiger partial charge in [0.1, 0.15) is 18.1 Å². The van der Waals surface area contributed by atoms with Crippen molar-refractivity contribution in [2.45, 2.75) is 0 Å². The molecular formula is C18H16ClN5O3. The number of carboxylic acids is 1. The average Bonchev–Trinajstić information content (AvgIpc) is 2.67. The number of aliphatic carboxylic acids is 1. The van der Waals surface area contributed by atoms with Crippen LogP contribution >= 0.6 is 11.6 Å². The van der Waals surface area contributed by atoms with Crippen molar-refractivity contribution in [2.24, 2.45) is 0 Å². The number of halogens is 1. The number of carboxylic acid groups (broad SMARTS) is 1. The molecule has 27 heavy (non-hydrogen) atoms. The van der Waals surface area contributed by atoms with Gasteiger partial charge in [-0.05, 0) is 30.3 Å². The van der Waals surface area contributed by atoms with Crippen molar-refractivity contribution in [3.05, 3.63) is 53.8 Å². The minimum Gasteiger partial charge on any atom is -0.495 e. The maximum absolute atomic E-state index is 10.8. The number of carbonyl (C=O) groups is 1. The number of ether oxygens (including phenoxy) is 1. The van der Waals surface area contributed by atoms with Gasteiger partial charge in [-0.15, -0.1) is 0 Å². The molecule has 3 rings (SSSR count). The van der Waals surface area contributed by atoms with Crippen LogP contribution in [0.4, 0.5) is 17.5 Å². The lowest BCUT2D eigenvalue weighted by Crippen LogP contribution is -2.15. The lowest BCUT2D eigenvalue weighted by Gasteiger charge is -2.13. The van der Waals surface area contributed by atoms with Gasteiger partial charge in [0.15, 0.2) is 0 Å². The summed E-state index contributed by atoms with van der Waals surface area (Å²) in [6.45, 7) is -0.309. The van der Waals surface area contributed by atoms with E-state index in [2.05, 4.69) is 25.6 Å². The first-order valence-electron chi connectivity index (χ1n) is 7.91. The highest BCUT2D eigenvalue weighted by atomic mass is 35.5. The minimum absolute atomic E-state index is 0.169. The summed E-state index contributed by atoms with van der Waals surface area (Å²) in [7, 11) is 1.55. The molecule has 0 amide bonds. The molecule has 0 spiro atoms. The Morgan fingerprint density at radius 3 is 2.81 bits per heavy atom. The third-order valence-corrected chi connectivity index (χ3v) is 3.74. The normalized spacial score (nSPS) is 10.3. The molecule has 0 radical (unpaired) electrons. The smallest absolute Gasteiger partial charge is 0.322 e. The Morgan fingerprint density at radius 2 is 2.11 bits per heavy atom. The number of pyridine rings is 1. The lowest BCUT2D eigenvalue weighted by atomic mass is 10.2. The van der Waals surface area contributed by atoms with Gasteiger partial charge < -0.3 is 20.5 Å². The topological polar surface area (TPSA) is 109 Å². The minimum atomic E-state index is -1.02. The number of hydrogen-bond acceptors (Lipinski definition) is 7. The molecule has 8 nitrogen and oxygen atoms in total. The quantitative estimate of drug-likeness (QED) is 0.567. The summed E-state index contributed by atoms with van der Waals surface area (Å²) in [6, 6.07) is 10.5. The van der Waals surface area contributed by atoms with Gasteiger partial charge in [-0.2, -0.15) is 4.98 Å². The fourth-order valence-electron chi connectivity index (χ4n) is 2.32. The number of nitrogens with one attached hydrogen (secondary N) is 2. The van der Waals surface area contributed by atoms with Crippen molar-refractivity contribution in [3.8, 4) is 17.0 Å². The van der Waals surface area contributed by atoms with Gasteiger partial charge in [0, 0.05) is 29.0 Å². The SMILES string of the molecule is COc1ccc(Cl)cc1Nc1cc(-c2cccnc2)nc(NCC(=O)O)n1. The summed E-state index contributed by atoms with van der Waals surface area (Å²) in [6.07, 6.45) is 3.32. The van der Waals surface area contributed by atoms with E-state index in [9.17, 15) is 4.79 Å². The first-order valence-corrected chi connectivity index (χ1v) is 8.28. The van der Waals surface area contributed by atoms with Crippen LogP contribution in [0.15, 0.2) is 48.8 Å². The zero-order chi connectivity index (χ0) is 19.2. The Morgan fingerprint density at radius 1 is 1.26 bits per heavy atom. The molecule has 1 aromatic carbocycles. The summed E-state index contributed by atoms with van der Waals surface area (Å²) >= 11 is 6.07. The molecule has 0 saturated heterocycles. The molecule has 0 fully saturated rings. The molecule has 0 aliphatic heterocycles. The summed E-state index contributed by atoms with van der Waals surface area (Å²) in [5, 5.41) is 15.2. The Bertz CT molecular complexity index is 953. The van der Waals surface area contributed by atoms with Crippen LogP contribution in [0.2, 0.25) is 5.02 Å². The number of benzene rings is 1. The third kappa shape index (κ3) is 4.83. The second kappa shape index (κ2) is 8.33. The maximum atomic E-state index is 10.8. The standard InChI is InChI=1S/C18H16ClN5O3/c1-27-15-5-4-12(19)7-14(15)22-16-8-13(11-3-2-6-20-9-11)23-18(24-16)21-10-17(25)26/h2-9H,10H2,1H3,(H,25,26)(H2,21,22,23,24). The number of methoxy groups -OCH3 is 1. The lowest BCUT2D eigenvalue weighted by molar-refractivity contribution is -0.134. The second-order valence-electron chi connectivity index (χ2n) is 5.42. The van der Waals surface area contributed by atoms with E-state index in [1.165, 1.54) is 0 Å². The molecular weight excluding hydrogens is 370 g/mol. The van der Waals surface area contributed by atoms with Gasteiger partial charge >= 0.3 is 5.97 Å². The van der Waals surface area contributed by atoms with Gasteiger partial charge in [-0.25, -0.2) is 4.98 Å². The molecule has 3 N–H and O–H groups in total. The second-order valence-corrected chi connectivity index (χ2v) is 5.86. The van der Waals surface area contributed by atoms with Crippen molar-refractivity contribution in [1.82, 2.24) is 15.0 Å². The predicted octanol–water partition coefficient (Wildman–Crippen LogP) is 3.44. The van der Waals surface area contributed by atoms with E-state index in [1.54, 1.807) is 49.8 Å². The van der Waals surface area contributed by atoms with E-state index in [0.29, 0.717) is 28.0 Å².